The molecule has 0 aliphatic heterocycles. The maximum Gasteiger partial charge on any atom is 0.275 e. The van der Waals surface area contributed by atoms with Gasteiger partial charge in [0.25, 0.3) is 5.91 Å². The van der Waals surface area contributed by atoms with E-state index >= 15 is 0 Å². The van der Waals surface area contributed by atoms with Gasteiger partial charge in [-0.25, -0.2) is 0 Å². The van der Waals surface area contributed by atoms with Crippen LogP contribution in [0.5, 0.6) is 0 Å². The van der Waals surface area contributed by atoms with Gasteiger partial charge in [-0.05, 0) is 31.2 Å². The second-order valence-electron chi connectivity index (χ2n) is 6.67. The number of hydrogen-bond donors (Lipinski definition) is 2. The standard InChI is InChI=1S/C18H28N2O/c1-14-8-4-6-10-16(14)12-20(3)13-18(21)19-17-11-7-5-9-15(17)2/h4,6,8,10,15,17H,5,7,9,11-13H2,1-3H3,(H,19,21)/p+1/t15-,17-/m1/s1. The molecule has 1 unspecified atom stereocenters. The van der Waals surface area contributed by atoms with Gasteiger partial charge in [0.05, 0.1) is 7.05 Å². The summed E-state index contributed by atoms with van der Waals surface area (Å²) >= 11 is 0. The zero-order valence-corrected chi connectivity index (χ0v) is 13.6. The highest BCUT2D eigenvalue weighted by atomic mass is 16.2. The zero-order chi connectivity index (χ0) is 15.2. The summed E-state index contributed by atoms with van der Waals surface area (Å²) in [5.74, 6) is 0.819. The van der Waals surface area contributed by atoms with Crippen molar-refractivity contribution in [1.29, 1.82) is 0 Å². The summed E-state index contributed by atoms with van der Waals surface area (Å²) in [5.41, 5.74) is 2.63. The summed E-state index contributed by atoms with van der Waals surface area (Å²) in [6.07, 6.45) is 4.95. The first-order chi connectivity index (χ1) is 10.1. The number of hydrogen-bond acceptors (Lipinski definition) is 1. The van der Waals surface area contributed by atoms with Crippen molar-refractivity contribution in [3.8, 4) is 0 Å². The first-order valence-electron chi connectivity index (χ1n) is 8.21. The summed E-state index contributed by atoms with van der Waals surface area (Å²) < 4.78 is 0. The molecule has 3 atom stereocenters. The highest BCUT2D eigenvalue weighted by molar-refractivity contribution is 5.77. The Hall–Kier alpha value is -1.35. The number of amides is 1. The van der Waals surface area contributed by atoms with E-state index in [1.165, 1.54) is 35.3 Å². The molecule has 0 saturated heterocycles. The molecule has 3 nitrogen and oxygen atoms in total. The minimum Gasteiger partial charge on any atom is -0.348 e. The molecular weight excluding hydrogens is 260 g/mol. The molecule has 1 aromatic carbocycles. The monoisotopic (exact) mass is 289 g/mol. The van der Waals surface area contributed by atoms with Gasteiger partial charge in [0.1, 0.15) is 6.54 Å². The lowest BCUT2D eigenvalue weighted by molar-refractivity contribution is -0.885. The van der Waals surface area contributed by atoms with Crippen molar-refractivity contribution in [2.45, 2.75) is 52.1 Å². The molecule has 21 heavy (non-hydrogen) atoms. The van der Waals surface area contributed by atoms with E-state index in [-0.39, 0.29) is 5.91 Å². The zero-order valence-electron chi connectivity index (χ0n) is 13.6. The van der Waals surface area contributed by atoms with Crippen molar-refractivity contribution >= 4 is 5.91 Å². The molecular formula is C18H29N2O+. The number of benzene rings is 1. The van der Waals surface area contributed by atoms with Gasteiger partial charge in [-0.2, -0.15) is 0 Å². The van der Waals surface area contributed by atoms with Gasteiger partial charge in [-0.3, -0.25) is 4.79 Å². The second kappa shape index (κ2) is 7.60. The van der Waals surface area contributed by atoms with E-state index in [0.717, 1.165) is 13.0 Å². The lowest BCUT2D eigenvalue weighted by Crippen LogP contribution is -3.09. The number of carbonyl (C=O) groups excluding carboxylic acids is 1. The minimum atomic E-state index is 0.194. The highest BCUT2D eigenvalue weighted by Crippen LogP contribution is 2.23. The fourth-order valence-electron chi connectivity index (χ4n) is 3.26. The van der Waals surface area contributed by atoms with Crippen LogP contribution in [0.2, 0.25) is 0 Å². The molecule has 1 aliphatic carbocycles. The van der Waals surface area contributed by atoms with Gasteiger partial charge in [-0.1, -0.05) is 44.0 Å². The number of quaternary nitrogens is 1. The molecule has 116 valence electrons. The fraction of sp³-hybridized carbons (Fsp3) is 0.611. The average molecular weight is 289 g/mol. The number of aryl methyl sites for hydroxylation is 1. The van der Waals surface area contributed by atoms with Crippen LogP contribution in [0.25, 0.3) is 0 Å². The maximum absolute atomic E-state index is 12.2. The molecule has 1 amide bonds. The largest absolute Gasteiger partial charge is 0.348 e. The van der Waals surface area contributed by atoms with E-state index in [0.29, 0.717) is 18.5 Å². The van der Waals surface area contributed by atoms with E-state index in [1.807, 2.05) is 0 Å². The molecule has 1 fully saturated rings. The Morgan fingerprint density at radius 2 is 2.00 bits per heavy atom. The lowest BCUT2D eigenvalue weighted by Gasteiger charge is -2.29. The Morgan fingerprint density at radius 1 is 1.29 bits per heavy atom. The molecule has 0 heterocycles. The normalized spacial score (nSPS) is 23.6. The molecule has 1 aromatic rings. The van der Waals surface area contributed by atoms with Gasteiger partial charge in [0.2, 0.25) is 0 Å². The third-order valence-electron chi connectivity index (χ3n) is 4.67. The summed E-state index contributed by atoms with van der Waals surface area (Å²) in [5, 5.41) is 3.24. The SMILES string of the molecule is Cc1ccccc1C[NH+](C)CC(=O)N[C@@H]1CCCC[C@H]1C. The summed E-state index contributed by atoms with van der Waals surface area (Å²) in [6, 6.07) is 8.80. The van der Waals surface area contributed by atoms with Gasteiger partial charge in [0.15, 0.2) is 6.54 Å². The Morgan fingerprint density at radius 3 is 2.71 bits per heavy atom. The van der Waals surface area contributed by atoms with Crippen LogP contribution in [0.4, 0.5) is 0 Å². The van der Waals surface area contributed by atoms with Crippen molar-refractivity contribution < 1.29 is 9.69 Å². The summed E-state index contributed by atoms with van der Waals surface area (Å²) in [6.45, 7) is 5.85. The van der Waals surface area contributed by atoms with Crippen LogP contribution in [0, 0.1) is 12.8 Å². The lowest BCUT2D eigenvalue weighted by atomic mass is 9.86. The van der Waals surface area contributed by atoms with E-state index < -0.39 is 0 Å². The third kappa shape index (κ3) is 4.85. The van der Waals surface area contributed by atoms with E-state index in [2.05, 4.69) is 50.5 Å². The highest BCUT2D eigenvalue weighted by Gasteiger charge is 2.23. The van der Waals surface area contributed by atoms with Crippen LogP contribution < -0.4 is 10.2 Å². The van der Waals surface area contributed by atoms with Crippen molar-refractivity contribution in [3.63, 3.8) is 0 Å². The van der Waals surface area contributed by atoms with E-state index in [9.17, 15) is 4.79 Å². The molecule has 1 aliphatic rings. The number of carbonyl (C=O) groups is 1. The van der Waals surface area contributed by atoms with Crippen LogP contribution in [-0.4, -0.2) is 25.5 Å². The number of likely N-dealkylation sites (N-methyl/N-ethyl adjacent to an activating group) is 1. The maximum atomic E-state index is 12.2. The first kappa shape index (κ1) is 16.0. The smallest absolute Gasteiger partial charge is 0.275 e. The van der Waals surface area contributed by atoms with Crippen molar-refractivity contribution in [1.82, 2.24) is 5.32 Å². The number of rotatable bonds is 5. The van der Waals surface area contributed by atoms with E-state index in [1.54, 1.807) is 0 Å². The van der Waals surface area contributed by atoms with Crippen LogP contribution in [0.3, 0.4) is 0 Å². The predicted molar refractivity (Wildman–Crippen MR) is 86.2 cm³/mol. The molecule has 0 radical (unpaired) electrons. The van der Waals surface area contributed by atoms with Gasteiger partial charge < -0.3 is 10.2 Å². The molecule has 0 aromatic heterocycles. The van der Waals surface area contributed by atoms with Crippen molar-refractivity contribution in [2.24, 2.45) is 5.92 Å². The van der Waals surface area contributed by atoms with Gasteiger partial charge in [0, 0.05) is 11.6 Å². The average Bonchev–Trinajstić information content (AvgIpc) is 2.44. The number of nitrogens with one attached hydrogen (secondary N) is 2. The van der Waals surface area contributed by atoms with Gasteiger partial charge in [-0.15, -0.1) is 0 Å². The summed E-state index contributed by atoms with van der Waals surface area (Å²) in [4.78, 5) is 13.5. The third-order valence-corrected chi connectivity index (χ3v) is 4.67. The fourth-order valence-corrected chi connectivity index (χ4v) is 3.26. The topological polar surface area (TPSA) is 33.5 Å². The molecule has 3 heteroatoms. The van der Waals surface area contributed by atoms with Crippen molar-refractivity contribution in [3.05, 3.63) is 35.4 Å². The Bertz CT molecular complexity index is 472. The van der Waals surface area contributed by atoms with Crippen LogP contribution in [0.15, 0.2) is 24.3 Å². The minimum absolute atomic E-state index is 0.194. The Balaban J connectivity index is 1.80. The van der Waals surface area contributed by atoms with Gasteiger partial charge >= 0.3 is 0 Å². The van der Waals surface area contributed by atoms with E-state index in [4.69, 9.17) is 0 Å². The first-order valence-corrected chi connectivity index (χ1v) is 8.21. The quantitative estimate of drug-likeness (QED) is 0.850. The molecule has 2 N–H and O–H groups in total. The van der Waals surface area contributed by atoms with Crippen LogP contribution in [-0.2, 0) is 11.3 Å². The molecule has 0 spiro atoms. The molecule has 2 rings (SSSR count). The van der Waals surface area contributed by atoms with Crippen LogP contribution >= 0.6 is 0 Å². The predicted octanol–water partition coefficient (Wildman–Crippen LogP) is 1.70. The molecule has 0 bridgehead atoms. The molecule has 1 saturated carbocycles. The van der Waals surface area contributed by atoms with Crippen LogP contribution in [0.1, 0.15) is 43.7 Å². The van der Waals surface area contributed by atoms with Crippen molar-refractivity contribution in [2.75, 3.05) is 13.6 Å². The Labute approximate surface area is 128 Å². The summed E-state index contributed by atoms with van der Waals surface area (Å²) in [7, 11) is 2.09. The second-order valence-corrected chi connectivity index (χ2v) is 6.67. The Kier molecular flexibility index (Phi) is 5.80.